The van der Waals surface area contributed by atoms with E-state index in [4.69, 9.17) is 22.2 Å². The monoisotopic (exact) mass is 460 g/mol. The second kappa shape index (κ2) is 8.47. The minimum absolute atomic E-state index is 0.0778. The average Bonchev–Trinajstić information content (AvgIpc) is 3.64. The quantitative estimate of drug-likeness (QED) is 0.262. The number of aromatic nitrogens is 3. The lowest BCUT2D eigenvalue weighted by atomic mass is 9.87. The molecular formula is C29H28N6. The molecule has 1 saturated carbocycles. The molecule has 0 spiro atoms. The van der Waals surface area contributed by atoms with Gasteiger partial charge in [-0.15, -0.1) is 0 Å². The van der Waals surface area contributed by atoms with E-state index >= 15 is 0 Å². The number of anilines is 3. The van der Waals surface area contributed by atoms with Crippen molar-refractivity contribution in [2.24, 2.45) is 0 Å². The van der Waals surface area contributed by atoms with E-state index in [1.807, 2.05) is 24.3 Å². The number of nitrogen functional groups attached to an aromatic ring is 3. The average molecular weight is 461 g/mol. The number of rotatable bonds is 6. The summed E-state index contributed by atoms with van der Waals surface area (Å²) in [4.78, 5) is 12.7. The van der Waals surface area contributed by atoms with Crippen molar-refractivity contribution >= 4 is 28.4 Å². The summed E-state index contributed by atoms with van der Waals surface area (Å²) in [6, 6.07) is 27.2. The number of nitrogens with two attached hydrogens (primary N) is 3. The molecule has 1 atom stereocenters. The first-order chi connectivity index (χ1) is 17.1. The lowest BCUT2D eigenvalue weighted by Crippen LogP contribution is -2.12. The van der Waals surface area contributed by atoms with Crippen LogP contribution in [0.5, 0.6) is 0 Å². The van der Waals surface area contributed by atoms with Crippen LogP contribution in [0.1, 0.15) is 47.2 Å². The maximum atomic E-state index is 6.39. The molecule has 0 unspecified atom stereocenters. The van der Waals surface area contributed by atoms with E-state index in [2.05, 4.69) is 64.6 Å². The number of pyridine rings is 1. The van der Waals surface area contributed by atoms with Gasteiger partial charge in [-0.3, -0.25) is 0 Å². The number of fused-ring (bicyclic) bond motifs is 1. The summed E-state index contributed by atoms with van der Waals surface area (Å²) >= 11 is 0. The van der Waals surface area contributed by atoms with Crippen molar-refractivity contribution in [1.82, 2.24) is 15.0 Å². The molecule has 2 heterocycles. The highest BCUT2D eigenvalue weighted by atomic mass is 14.9. The normalized spacial score (nSPS) is 14.3. The number of para-hydroxylation sites is 1. The Kier molecular flexibility index (Phi) is 5.14. The van der Waals surface area contributed by atoms with Crippen molar-refractivity contribution in [2.75, 3.05) is 17.2 Å². The maximum absolute atomic E-state index is 6.39. The van der Waals surface area contributed by atoms with Crippen LogP contribution < -0.4 is 17.2 Å². The molecule has 0 aliphatic heterocycles. The molecule has 6 rings (SSSR count). The highest BCUT2D eigenvalue weighted by molar-refractivity contribution is 5.92. The number of benzene rings is 3. The van der Waals surface area contributed by atoms with Gasteiger partial charge in [0.05, 0.1) is 16.7 Å². The first kappa shape index (κ1) is 21.2. The summed E-state index contributed by atoms with van der Waals surface area (Å²) in [6.07, 6.45) is 3.19. The van der Waals surface area contributed by atoms with Crippen molar-refractivity contribution in [3.05, 3.63) is 101 Å². The maximum Gasteiger partial charge on any atom is 0.149 e. The summed E-state index contributed by atoms with van der Waals surface area (Å²) in [5.74, 6) is 2.12. The highest BCUT2D eigenvalue weighted by Crippen LogP contribution is 2.42. The predicted octanol–water partition coefficient (Wildman–Crippen LogP) is 5.62. The number of H-pyrrole nitrogens is 1. The van der Waals surface area contributed by atoms with Gasteiger partial charge in [0.15, 0.2) is 0 Å². The Labute approximate surface area is 204 Å². The number of imidazole rings is 1. The first-order valence-corrected chi connectivity index (χ1v) is 12.0. The summed E-state index contributed by atoms with van der Waals surface area (Å²) < 4.78 is 0. The highest BCUT2D eigenvalue weighted by Gasteiger charge is 2.24. The molecule has 174 valence electrons. The molecule has 0 amide bonds. The van der Waals surface area contributed by atoms with Crippen LogP contribution in [0.3, 0.4) is 0 Å². The molecular weight excluding hydrogens is 432 g/mol. The third-order valence-corrected chi connectivity index (χ3v) is 6.92. The molecule has 7 N–H and O–H groups in total. The fourth-order valence-corrected chi connectivity index (χ4v) is 4.98. The Morgan fingerprint density at radius 3 is 2.46 bits per heavy atom. The van der Waals surface area contributed by atoms with Crippen LogP contribution in [0.25, 0.3) is 22.2 Å². The zero-order valence-corrected chi connectivity index (χ0v) is 19.4. The zero-order valence-electron chi connectivity index (χ0n) is 19.4. The van der Waals surface area contributed by atoms with Crippen molar-refractivity contribution in [3.8, 4) is 11.1 Å². The Balaban J connectivity index is 1.42. The Hall–Kier alpha value is -4.32. The van der Waals surface area contributed by atoms with Crippen LogP contribution in [0.2, 0.25) is 0 Å². The molecule has 0 radical (unpaired) electrons. The predicted molar refractivity (Wildman–Crippen MR) is 143 cm³/mol. The van der Waals surface area contributed by atoms with Crippen LogP contribution in [0.4, 0.5) is 17.3 Å². The van der Waals surface area contributed by atoms with Gasteiger partial charge in [-0.05, 0) is 53.1 Å². The number of nitrogens with zero attached hydrogens (tertiary/aromatic N) is 2. The van der Waals surface area contributed by atoms with Gasteiger partial charge in [-0.2, -0.15) is 0 Å². The molecule has 35 heavy (non-hydrogen) atoms. The van der Waals surface area contributed by atoms with E-state index in [1.54, 1.807) is 0 Å². The number of aromatic amines is 1. The largest absolute Gasteiger partial charge is 0.396 e. The molecule has 1 fully saturated rings. The topological polar surface area (TPSA) is 120 Å². The van der Waals surface area contributed by atoms with Crippen LogP contribution in [-0.2, 0) is 6.42 Å². The van der Waals surface area contributed by atoms with Gasteiger partial charge < -0.3 is 22.2 Å². The van der Waals surface area contributed by atoms with Gasteiger partial charge in [0, 0.05) is 17.9 Å². The summed E-state index contributed by atoms with van der Waals surface area (Å²) in [5, 5.41) is 0. The third-order valence-electron chi connectivity index (χ3n) is 6.92. The smallest absolute Gasteiger partial charge is 0.149 e. The number of hydrogen-bond acceptors (Lipinski definition) is 5. The van der Waals surface area contributed by atoms with E-state index in [0.717, 1.165) is 33.5 Å². The van der Waals surface area contributed by atoms with Crippen molar-refractivity contribution in [1.29, 1.82) is 0 Å². The van der Waals surface area contributed by atoms with E-state index in [-0.39, 0.29) is 11.7 Å². The van der Waals surface area contributed by atoms with Crippen LogP contribution in [-0.4, -0.2) is 15.0 Å². The summed E-state index contributed by atoms with van der Waals surface area (Å²) in [7, 11) is 0. The van der Waals surface area contributed by atoms with E-state index in [9.17, 15) is 0 Å². The van der Waals surface area contributed by atoms with E-state index < -0.39 is 0 Å². The lowest BCUT2D eigenvalue weighted by molar-refractivity contribution is 0.770. The fourth-order valence-electron chi connectivity index (χ4n) is 4.98. The minimum atomic E-state index is -0.0778. The van der Waals surface area contributed by atoms with Gasteiger partial charge >= 0.3 is 0 Å². The Morgan fingerprint density at radius 1 is 0.857 bits per heavy atom. The van der Waals surface area contributed by atoms with E-state index in [0.29, 0.717) is 23.8 Å². The molecule has 3 aromatic carbocycles. The molecule has 0 saturated heterocycles. The molecule has 5 aromatic rings. The minimum Gasteiger partial charge on any atom is -0.396 e. The Bertz CT molecular complexity index is 1520. The molecule has 0 bridgehead atoms. The molecule has 2 aromatic heterocycles. The van der Waals surface area contributed by atoms with Crippen LogP contribution in [0, 0.1) is 0 Å². The number of hydrogen-bond donors (Lipinski definition) is 4. The second-order valence-electron chi connectivity index (χ2n) is 9.39. The van der Waals surface area contributed by atoms with Gasteiger partial charge in [0.1, 0.15) is 17.5 Å². The van der Waals surface area contributed by atoms with Gasteiger partial charge in [-0.25, -0.2) is 9.97 Å². The second-order valence-corrected chi connectivity index (χ2v) is 9.39. The Morgan fingerprint density at radius 2 is 1.66 bits per heavy atom. The summed E-state index contributed by atoms with van der Waals surface area (Å²) in [5.41, 5.74) is 26.7. The van der Waals surface area contributed by atoms with Crippen LogP contribution >= 0.6 is 0 Å². The fraction of sp³-hybridized carbons (Fsp3) is 0.172. The standard InChI is InChI=1S/C29H28N6/c30-25-15-23(27(31)29(32)34-25)22(18-6-2-1-3-7-18)16-26-33-24-11-5-10-21(28(24)35-26)20-9-4-8-19(14-20)17-12-13-17/h1-11,14-15,17,22H,12-13,16,31H2,(H,33,35)(H4,30,32,34)/t22-/m1/s1. The molecule has 1 aliphatic rings. The third kappa shape index (κ3) is 4.08. The van der Waals surface area contributed by atoms with Crippen molar-refractivity contribution < 1.29 is 0 Å². The SMILES string of the molecule is Nc1cc([C@H](Cc2nc3c(-c4cccc(C5CC5)c4)cccc3[nH]2)c2ccccc2)c(N)c(N)n1. The first-order valence-electron chi connectivity index (χ1n) is 12.0. The van der Waals surface area contributed by atoms with E-state index in [1.165, 1.54) is 24.0 Å². The van der Waals surface area contributed by atoms with Gasteiger partial charge in [-0.1, -0.05) is 66.7 Å². The van der Waals surface area contributed by atoms with Crippen molar-refractivity contribution in [2.45, 2.75) is 31.1 Å². The van der Waals surface area contributed by atoms with Crippen LogP contribution in [0.15, 0.2) is 78.9 Å². The molecule has 6 heteroatoms. The molecule has 6 nitrogen and oxygen atoms in total. The summed E-state index contributed by atoms with van der Waals surface area (Å²) in [6.45, 7) is 0. The lowest BCUT2D eigenvalue weighted by Gasteiger charge is -2.20. The zero-order chi connectivity index (χ0) is 23.9. The van der Waals surface area contributed by atoms with Gasteiger partial charge in [0.2, 0.25) is 0 Å². The molecule has 1 aliphatic carbocycles. The number of nitrogens with one attached hydrogen (secondary N) is 1. The van der Waals surface area contributed by atoms with Crippen molar-refractivity contribution in [3.63, 3.8) is 0 Å². The van der Waals surface area contributed by atoms with Gasteiger partial charge in [0.25, 0.3) is 0 Å².